The van der Waals surface area contributed by atoms with Crippen LogP contribution in [0.1, 0.15) is 44.6 Å². The molecule has 1 fully saturated rings. The highest BCUT2D eigenvalue weighted by atomic mass is 79.9. The quantitative estimate of drug-likeness (QED) is 0.652. The molecule has 1 aliphatic carbocycles. The van der Waals surface area contributed by atoms with Crippen molar-refractivity contribution in [2.24, 2.45) is 5.92 Å². The molecule has 0 bridgehead atoms. The first-order valence-electron chi connectivity index (χ1n) is 6.92. The molecule has 0 aromatic heterocycles. The topological polar surface area (TPSA) is 38.0 Å². The molecular weight excluding hydrogens is 288 g/mol. The van der Waals surface area contributed by atoms with Crippen LogP contribution in [0.5, 0.6) is 0 Å². The van der Waals surface area contributed by atoms with E-state index in [1.807, 2.05) is 6.07 Å². The summed E-state index contributed by atoms with van der Waals surface area (Å²) in [5, 5.41) is 3.66. The first-order valence-corrected chi connectivity index (χ1v) is 7.71. The zero-order valence-electron chi connectivity index (χ0n) is 11.1. The minimum absolute atomic E-state index is 0.665. The Kier molecular flexibility index (Phi) is 5.07. The van der Waals surface area contributed by atoms with Gasteiger partial charge in [0.25, 0.3) is 0 Å². The normalized spacial score (nSPS) is 24.8. The molecule has 2 unspecified atom stereocenters. The number of hydrogen-bond acceptors (Lipinski definition) is 2. The smallest absolute Gasteiger partial charge is 0.0370 e. The standard InChI is InChI=1S/C15H23BrN2/c1-11-3-2-4-14(8-5-11)18-10-12-6-7-13(16)9-15(12)17/h6-7,9,11,14,18H,2-5,8,10,17H2,1H3. The van der Waals surface area contributed by atoms with Crippen molar-refractivity contribution in [3.05, 3.63) is 28.2 Å². The summed E-state index contributed by atoms with van der Waals surface area (Å²) in [4.78, 5) is 0. The molecule has 1 saturated carbocycles. The second kappa shape index (κ2) is 6.58. The van der Waals surface area contributed by atoms with Crippen LogP contribution in [0, 0.1) is 5.92 Å². The molecule has 0 saturated heterocycles. The van der Waals surface area contributed by atoms with Crippen LogP contribution in [-0.2, 0) is 6.54 Å². The van der Waals surface area contributed by atoms with E-state index < -0.39 is 0 Å². The Bertz CT molecular complexity index is 392. The minimum atomic E-state index is 0.665. The molecule has 1 aromatic rings. The molecule has 1 aromatic carbocycles. The number of nitrogens with two attached hydrogens (primary N) is 1. The second-order valence-electron chi connectivity index (χ2n) is 5.53. The lowest BCUT2D eigenvalue weighted by atomic mass is 10.0. The lowest BCUT2D eigenvalue weighted by molar-refractivity contribution is 0.447. The second-order valence-corrected chi connectivity index (χ2v) is 6.45. The summed E-state index contributed by atoms with van der Waals surface area (Å²) in [6.45, 7) is 3.26. The van der Waals surface area contributed by atoms with Gasteiger partial charge in [-0.2, -0.15) is 0 Å². The molecule has 3 heteroatoms. The SMILES string of the molecule is CC1CCCC(NCc2ccc(Br)cc2N)CC1. The highest BCUT2D eigenvalue weighted by Gasteiger charge is 2.15. The van der Waals surface area contributed by atoms with Gasteiger partial charge in [0.2, 0.25) is 0 Å². The van der Waals surface area contributed by atoms with Gasteiger partial charge in [-0.3, -0.25) is 0 Å². The summed E-state index contributed by atoms with van der Waals surface area (Å²) in [6.07, 6.45) is 6.71. The molecule has 0 spiro atoms. The predicted octanol–water partition coefficient (Wildman–Crippen LogP) is 4.09. The largest absolute Gasteiger partial charge is 0.398 e. The van der Waals surface area contributed by atoms with E-state index in [0.717, 1.165) is 22.6 Å². The molecule has 0 heterocycles. The fraction of sp³-hybridized carbons (Fsp3) is 0.600. The van der Waals surface area contributed by atoms with Crippen LogP contribution in [-0.4, -0.2) is 6.04 Å². The first-order chi connectivity index (χ1) is 8.65. The van der Waals surface area contributed by atoms with E-state index >= 15 is 0 Å². The highest BCUT2D eigenvalue weighted by molar-refractivity contribution is 9.10. The third kappa shape index (κ3) is 3.99. The maximum absolute atomic E-state index is 6.02. The van der Waals surface area contributed by atoms with Gasteiger partial charge >= 0.3 is 0 Å². The molecule has 100 valence electrons. The maximum Gasteiger partial charge on any atom is 0.0370 e. The number of hydrogen-bond donors (Lipinski definition) is 2. The van der Waals surface area contributed by atoms with Crippen molar-refractivity contribution in [3.8, 4) is 0 Å². The average molecular weight is 311 g/mol. The van der Waals surface area contributed by atoms with Crippen LogP contribution in [0.4, 0.5) is 5.69 Å². The van der Waals surface area contributed by atoms with Gasteiger partial charge in [0.15, 0.2) is 0 Å². The van der Waals surface area contributed by atoms with Crippen LogP contribution < -0.4 is 11.1 Å². The van der Waals surface area contributed by atoms with E-state index in [2.05, 4.69) is 40.3 Å². The van der Waals surface area contributed by atoms with E-state index in [9.17, 15) is 0 Å². The van der Waals surface area contributed by atoms with Crippen molar-refractivity contribution in [3.63, 3.8) is 0 Å². The highest BCUT2D eigenvalue weighted by Crippen LogP contribution is 2.23. The third-order valence-corrected chi connectivity index (χ3v) is 4.44. The van der Waals surface area contributed by atoms with Gasteiger partial charge in [0.05, 0.1) is 0 Å². The van der Waals surface area contributed by atoms with E-state index in [1.165, 1.54) is 37.7 Å². The Morgan fingerprint density at radius 1 is 1.28 bits per heavy atom. The van der Waals surface area contributed by atoms with E-state index in [4.69, 9.17) is 5.73 Å². The maximum atomic E-state index is 6.02. The molecule has 2 nitrogen and oxygen atoms in total. The Balaban J connectivity index is 1.87. The van der Waals surface area contributed by atoms with Gasteiger partial charge in [-0.05, 0) is 42.9 Å². The van der Waals surface area contributed by atoms with Crippen LogP contribution in [0.2, 0.25) is 0 Å². The summed E-state index contributed by atoms with van der Waals surface area (Å²) in [5.74, 6) is 0.898. The number of benzene rings is 1. The third-order valence-electron chi connectivity index (χ3n) is 3.95. The van der Waals surface area contributed by atoms with Crippen LogP contribution in [0.3, 0.4) is 0 Å². The molecule has 18 heavy (non-hydrogen) atoms. The average Bonchev–Trinajstić information content (AvgIpc) is 2.53. The minimum Gasteiger partial charge on any atom is -0.398 e. The number of nitrogen functional groups attached to an aromatic ring is 1. The Labute approximate surface area is 118 Å². The van der Waals surface area contributed by atoms with E-state index in [0.29, 0.717) is 6.04 Å². The Morgan fingerprint density at radius 2 is 2.11 bits per heavy atom. The molecule has 2 rings (SSSR count). The Hall–Kier alpha value is -0.540. The predicted molar refractivity (Wildman–Crippen MR) is 81.4 cm³/mol. The van der Waals surface area contributed by atoms with Gasteiger partial charge in [-0.25, -0.2) is 0 Å². The van der Waals surface area contributed by atoms with Gasteiger partial charge in [0, 0.05) is 22.7 Å². The summed E-state index contributed by atoms with van der Waals surface area (Å²) in [5.41, 5.74) is 8.10. The number of anilines is 1. The monoisotopic (exact) mass is 310 g/mol. The fourth-order valence-electron chi connectivity index (χ4n) is 2.67. The van der Waals surface area contributed by atoms with Gasteiger partial charge in [-0.1, -0.05) is 41.8 Å². The van der Waals surface area contributed by atoms with Crippen molar-refractivity contribution in [2.75, 3.05) is 5.73 Å². The zero-order valence-corrected chi connectivity index (χ0v) is 12.7. The summed E-state index contributed by atoms with van der Waals surface area (Å²) < 4.78 is 1.05. The van der Waals surface area contributed by atoms with Crippen LogP contribution >= 0.6 is 15.9 Å². The lowest BCUT2D eigenvalue weighted by Gasteiger charge is -2.17. The molecule has 0 amide bonds. The van der Waals surface area contributed by atoms with Crippen molar-refractivity contribution in [1.29, 1.82) is 0 Å². The number of rotatable bonds is 3. The number of nitrogens with one attached hydrogen (secondary N) is 1. The van der Waals surface area contributed by atoms with Gasteiger partial charge in [0.1, 0.15) is 0 Å². The molecule has 1 aliphatic rings. The fourth-order valence-corrected chi connectivity index (χ4v) is 3.05. The molecule has 0 radical (unpaired) electrons. The molecule has 2 atom stereocenters. The van der Waals surface area contributed by atoms with Crippen molar-refractivity contribution in [2.45, 2.75) is 51.6 Å². The van der Waals surface area contributed by atoms with Gasteiger partial charge < -0.3 is 11.1 Å². The summed E-state index contributed by atoms with van der Waals surface area (Å²) >= 11 is 3.44. The van der Waals surface area contributed by atoms with Crippen molar-refractivity contribution < 1.29 is 0 Å². The van der Waals surface area contributed by atoms with Crippen molar-refractivity contribution >= 4 is 21.6 Å². The Morgan fingerprint density at radius 3 is 2.89 bits per heavy atom. The number of halogens is 1. The van der Waals surface area contributed by atoms with Crippen molar-refractivity contribution in [1.82, 2.24) is 5.32 Å². The van der Waals surface area contributed by atoms with Crippen LogP contribution in [0.15, 0.2) is 22.7 Å². The van der Waals surface area contributed by atoms with Crippen LogP contribution in [0.25, 0.3) is 0 Å². The first kappa shape index (κ1) is 13.9. The summed E-state index contributed by atoms with van der Waals surface area (Å²) in [6, 6.07) is 6.80. The summed E-state index contributed by atoms with van der Waals surface area (Å²) in [7, 11) is 0. The van der Waals surface area contributed by atoms with E-state index in [-0.39, 0.29) is 0 Å². The molecular formula is C15H23BrN2. The lowest BCUT2D eigenvalue weighted by Crippen LogP contribution is -2.28. The molecule has 3 N–H and O–H groups in total. The molecule has 0 aliphatic heterocycles. The zero-order chi connectivity index (χ0) is 13.0. The van der Waals surface area contributed by atoms with E-state index in [1.54, 1.807) is 0 Å². The van der Waals surface area contributed by atoms with Gasteiger partial charge in [-0.15, -0.1) is 0 Å².